The van der Waals surface area contributed by atoms with Gasteiger partial charge in [-0.05, 0) is 0 Å². The van der Waals surface area contributed by atoms with Crippen LogP contribution >= 0.6 is 23.5 Å². The molecule has 1 N–H and O–H groups in total. The number of carboxylic acid groups (broad SMARTS) is 1. The van der Waals surface area contributed by atoms with Crippen LogP contribution in [0, 0.1) is 0 Å². The third kappa shape index (κ3) is 3.40. The molecule has 0 bridgehead atoms. The standard InChI is InChI=1S/C9H10O6S2/c1-14-8(12)6-7(9(13)15-2)17-5(16-6)3-4(10)11/h3,6-7H,1-2H3,(H,10,11)/t6-,7-/m1/s1. The van der Waals surface area contributed by atoms with Gasteiger partial charge < -0.3 is 14.6 Å². The number of rotatable bonds is 3. The van der Waals surface area contributed by atoms with Gasteiger partial charge in [0.05, 0.1) is 14.2 Å². The van der Waals surface area contributed by atoms with Crippen molar-refractivity contribution in [1.29, 1.82) is 0 Å². The van der Waals surface area contributed by atoms with Gasteiger partial charge in [-0.3, -0.25) is 9.59 Å². The first kappa shape index (κ1) is 13.9. The quantitative estimate of drug-likeness (QED) is 0.589. The Morgan fingerprint density at radius 1 is 1.12 bits per heavy atom. The molecule has 0 spiro atoms. The van der Waals surface area contributed by atoms with Gasteiger partial charge in [-0.2, -0.15) is 0 Å². The Kier molecular flexibility index (Phi) is 4.88. The van der Waals surface area contributed by atoms with Crippen LogP contribution in [0.5, 0.6) is 0 Å². The van der Waals surface area contributed by atoms with Gasteiger partial charge in [-0.1, -0.05) is 0 Å². The molecule has 1 rings (SSSR count). The number of methoxy groups -OCH3 is 2. The summed E-state index contributed by atoms with van der Waals surface area (Å²) >= 11 is 1.98. The van der Waals surface area contributed by atoms with E-state index in [9.17, 15) is 14.4 Å². The maximum atomic E-state index is 11.4. The highest BCUT2D eigenvalue weighted by atomic mass is 32.2. The second kappa shape index (κ2) is 5.97. The minimum absolute atomic E-state index is 0.378. The molecular formula is C9H10O6S2. The van der Waals surface area contributed by atoms with Gasteiger partial charge >= 0.3 is 17.9 Å². The first-order chi connectivity index (χ1) is 7.99. The van der Waals surface area contributed by atoms with E-state index in [0.717, 1.165) is 29.6 Å². The first-order valence-electron chi connectivity index (χ1n) is 4.43. The van der Waals surface area contributed by atoms with Crippen LogP contribution in [0.2, 0.25) is 0 Å². The third-order valence-electron chi connectivity index (χ3n) is 1.87. The van der Waals surface area contributed by atoms with E-state index in [-0.39, 0.29) is 0 Å². The van der Waals surface area contributed by atoms with Crippen molar-refractivity contribution in [1.82, 2.24) is 0 Å². The van der Waals surface area contributed by atoms with Crippen molar-refractivity contribution < 1.29 is 29.0 Å². The first-order valence-corrected chi connectivity index (χ1v) is 6.19. The molecule has 1 saturated heterocycles. The maximum Gasteiger partial charge on any atom is 0.329 e. The van der Waals surface area contributed by atoms with Crippen molar-refractivity contribution in [3.05, 3.63) is 10.3 Å². The lowest BCUT2D eigenvalue weighted by atomic mass is 10.3. The Morgan fingerprint density at radius 2 is 1.53 bits per heavy atom. The van der Waals surface area contributed by atoms with Crippen LogP contribution in [0.25, 0.3) is 0 Å². The summed E-state index contributed by atoms with van der Waals surface area (Å²) in [4.78, 5) is 33.4. The number of esters is 2. The monoisotopic (exact) mass is 278 g/mol. The van der Waals surface area contributed by atoms with E-state index in [2.05, 4.69) is 9.47 Å². The van der Waals surface area contributed by atoms with E-state index >= 15 is 0 Å². The molecule has 0 aromatic rings. The van der Waals surface area contributed by atoms with Crippen molar-refractivity contribution in [2.24, 2.45) is 0 Å². The van der Waals surface area contributed by atoms with E-state index in [1.165, 1.54) is 14.2 Å². The fourth-order valence-corrected chi connectivity index (χ4v) is 4.02. The summed E-state index contributed by atoms with van der Waals surface area (Å²) in [6.07, 6.45) is 0.953. The highest BCUT2D eigenvalue weighted by Crippen LogP contribution is 2.47. The second-order valence-corrected chi connectivity index (χ2v) is 5.55. The smallest absolute Gasteiger partial charge is 0.329 e. The molecule has 17 heavy (non-hydrogen) atoms. The number of hydrogen-bond acceptors (Lipinski definition) is 7. The van der Waals surface area contributed by atoms with Gasteiger partial charge in [-0.15, -0.1) is 23.5 Å². The summed E-state index contributed by atoms with van der Waals surface area (Å²) in [7, 11) is 2.42. The molecule has 0 aliphatic carbocycles. The summed E-state index contributed by atoms with van der Waals surface area (Å²) in [6, 6.07) is 0. The summed E-state index contributed by atoms with van der Waals surface area (Å²) in [5.74, 6) is -2.28. The Balaban J connectivity index is 2.90. The van der Waals surface area contributed by atoms with Crippen molar-refractivity contribution in [2.45, 2.75) is 10.5 Å². The highest BCUT2D eigenvalue weighted by Gasteiger charge is 2.43. The summed E-state index contributed by atoms with van der Waals surface area (Å²) in [6.45, 7) is 0. The fraction of sp³-hybridized carbons (Fsp3) is 0.444. The molecule has 1 aliphatic rings. The maximum absolute atomic E-state index is 11.4. The Morgan fingerprint density at radius 3 is 1.82 bits per heavy atom. The zero-order chi connectivity index (χ0) is 13.0. The molecule has 0 amide bonds. The molecule has 6 nitrogen and oxygen atoms in total. The van der Waals surface area contributed by atoms with Crippen LogP contribution in [-0.2, 0) is 23.9 Å². The van der Waals surface area contributed by atoms with Crippen molar-refractivity contribution >= 4 is 41.4 Å². The van der Waals surface area contributed by atoms with Crippen molar-refractivity contribution in [3.8, 4) is 0 Å². The largest absolute Gasteiger partial charge is 0.478 e. The predicted molar refractivity (Wildman–Crippen MR) is 62.5 cm³/mol. The summed E-state index contributed by atoms with van der Waals surface area (Å²) < 4.78 is 9.49. The van der Waals surface area contributed by atoms with E-state index in [0.29, 0.717) is 4.24 Å². The number of aliphatic carboxylic acids is 1. The SMILES string of the molecule is COC(=O)[C@@H]1SC(=CC(=O)O)S[C@H]1C(=O)OC. The lowest BCUT2D eigenvalue weighted by Crippen LogP contribution is -2.33. The fourth-order valence-electron chi connectivity index (χ4n) is 1.15. The highest BCUT2D eigenvalue weighted by molar-refractivity contribution is 8.26. The summed E-state index contributed by atoms with van der Waals surface area (Å²) in [5, 5.41) is 7.05. The molecule has 1 fully saturated rings. The number of carbonyl (C=O) groups excluding carboxylic acids is 2. The van der Waals surface area contributed by atoms with Crippen LogP contribution in [0.4, 0.5) is 0 Å². The van der Waals surface area contributed by atoms with Gasteiger partial charge in [-0.25, -0.2) is 4.79 Å². The molecule has 0 unspecified atom stereocenters. The number of carbonyl (C=O) groups is 3. The van der Waals surface area contributed by atoms with Crippen molar-refractivity contribution in [2.75, 3.05) is 14.2 Å². The van der Waals surface area contributed by atoms with Gasteiger partial charge in [0, 0.05) is 10.3 Å². The molecule has 0 saturated carbocycles. The average molecular weight is 278 g/mol. The van der Waals surface area contributed by atoms with E-state index in [4.69, 9.17) is 5.11 Å². The molecule has 8 heteroatoms. The molecule has 1 aliphatic heterocycles. The molecule has 94 valence electrons. The normalized spacial score (nSPS) is 23.1. The van der Waals surface area contributed by atoms with Gasteiger partial charge in [0.15, 0.2) is 0 Å². The predicted octanol–water partition coefficient (Wildman–Crippen LogP) is 0.476. The van der Waals surface area contributed by atoms with Crippen LogP contribution in [-0.4, -0.2) is 47.7 Å². The molecule has 0 aromatic heterocycles. The van der Waals surface area contributed by atoms with Crippen LogP contribution in [0.15, 0.2) is 10.3 Å². The lowest BCUT2D eigenvalue weighted by molar-refractivity contribution is -0.145. The van der Waals surface area contributed by atoms with E-state index in [1.54, 1.807) is 0 Å². The molecule has 1 heterocycles. The second-order valence-electron chi connectivity index (χ2n) is 2.92. The summed E-state index contributed by atoms with van der Waals surface area (Å²) in [5.41, 5.74) is 0. The van der Waals surface area contributed by atoms with E-state index in [1.807, 2.05) is 0 Å². The van der Waals surface area contributed by atoms with E-state index < -0.39 is 28.4 Å². The molecule has 0 aromatic carbocycles. The average Bonchev–Trinajstić information content (AvgIpc) is 2.69. The Bertz CT molecular complexity index is 352. The zero-order valence-electron chi connectivity index (χ0n) is 9.04. The molecular weight excluding hydrogens is 268 g/mol. The van der Waals surface area contributed by atoms with Gasteiger partial charge in [0.2, 0.25) is 0 Å². The van der Waals surface area contributed by atoms with Crippen LogP contribution < -0.4 is 0 Å². The number of carboxylic acids is 1. The minimum Gasteiger partial charge on any atom is -0.478 e. The number of thioether (sulfide) groups is 2. The molecule has 0 radical (unpaired) electrons. The van der Waals surface area contributed by atoms with Crippen LogP contribution in [0.3, 0.4) is 0 Å². The lowest BCUT2D eigenvalue weighted by Gasteiger charge is -2.12. The Hall–Kier alpha value is -1.15. The zero-order valence-corrected chi connectivity index (χ0v) is 10.7. The molecule has 2 atom stereocenters. The minimum atomic E-state index is -1.13. The third-order valence-corrected chi connectivity index (χ3v) is 4.76. The van der Waals surface area contributed by atoms with Crippen LogP contribution in [0.1, 0.15) is 0 Å². The topological polar surface area (TPSA) is 89.9 Å². The number of ether oxygens (including phenoxy) is 2. The van der Waals surface area contributed by atoms with Gasteiger partial charge in [0.25, 0.3) is 0 Å². The number of hydrogen-bond donors (Lipinski definition) is 1. The van der Waals surface area contributed by atoms with Gasteiger partial charge in [0.1, 0.15) is 10.5 Å². The Labute approximate surface area is 106 Å². The van der Waals surface area contributed by atoms with Crippen molar-refractivity contribution in [3.63, 3.8) is 0 Å².